The van der Waals surface area contributed by atoms with E-state index in [9.17, 15) is 0 Å². The van der Waals surface area contributed by atoms with Gasteiger partial charge in [-0.2, -0.15) is 5.10 Å². The van der Waals surface area contributed by atoms with Gasteiger partial charge in [0.05, 0.1) is 16.4 Å². The molecule has 0 fully saturated rings. The van der Waals surface area contributed by atoms with Crippen LogP contribution >= 0.6 is 27.5 Å². The van der Waals surface area contributed by atoms with E-state index in [1.54, 1.807) is 0 Å². The smallest absolute Gasteiger partial charge is 0.0847 e. The monoisotopic (exact) mass is 355 g/mol. The van der Waals surface area contributed by atoms with Gasteiger partial charge in [0.15, 0.2) is 0 Å². The maximum absolute atomic E-state index is 6.31. The summed E-state index contributed by atoms with van der Waals surface area (Å²) in [4.78, 5) is 0. The molecule has 0 aliphatic rings. The minimum absolute atomic E-state index is 0.364. The summed E-state index contributed by atoms with van der Waals surface area (Å²) in [7, 11) is 1.93. The predicted molar refractivity (Wildman–Crippen MR) is 87.0 cm³/mol. The third-order valence-electron chi connectivity index (χ3n) is 3.51. The van der Waals surface area contributed by atoms with Crippen molar-refractivity contribution >= 4 is 27.5 Å². The zero-order valence-corrected chi connectivity index (χ0v) is 14.1. The Morgan fingerprint density at radius 2 is 1.95 bits per heavy atom. The Morgan fingerprint density at radius 3 is 2.45 bits per heavy atom. The normalized spacial score (nSPS) is 12.7. The third kappa shape index (κ3) is 3.62. The topological polar surface area (TPSA) is 43.8 Å². The number of rotatable bonds is 5. The van der Waals surface area contributed by atoms with Crippen LogP contribution in [0.5, 0.6) is 0 Å². The van der Waals surface area contributed by atoms with Crippen LogP contribution in [-0.4, -0.2) is 16.3 Å². The summed E-state index contributed by atoms with van der Waals surface area (Å²) >= 11 is 9.76. The van der Waals surface area contributed by atoms with Gasteiger partial charge in [-0.15, -0.1) is 0 Å². The molecule has 0 bridgehead atoms. The van der Waals surface area contributed by atoms with Crippen molar-refractivity contribution in [1.82, 2.24) is 9.78 Å². The van der Waals surface area contributed by atoms with Gasteiger partial charge in [0.1, 0.15) is 0 Å². The summed E-state index contributed by atoms with van der Waals surface area (Å²) in [6, 6.07) is 8.37. The average molecular weight is 357 g/mol. The maximum atomic E-state index is 6.31. The molecule has 2 rings (SSSR count). The van der Waals surface area contributed by atoms with E-state index in [0.29, 0.717) is 12.5 Å². The molecule has 0 amide bonds. The highest BCUT2D eigenvalue weighted by atomic mass is 79.9. The van der Waals surface area contributed by atoms with Gasteiger partial charge in [-0.25, -0.2) is 0 Å². The summed E-state index contributed by atoms with van der Waals surface area (Å²) in [6.45, 7) is 2.56. The number of benzene rings is 1. The SMILES string of the molecule is Cc1nn(C)c(CC(CN)Cc2ccc(Br)cc2)c1Cl. The Morgan fingerprint density at radius 1 is 1.30 bits per heavy atom. The Hall–Kier alpha value is -0.840. The zero-order chi connectivity index (χ0) is 14.7. The lowest BCUT2D eigenvalue weighted by molar-refractivity contribution is 0.511. The first kappa shape index (κ1) is 15.5. The molecule has 1 unspecified atom stereocenters. The lowest BCUT2D eigenvalue weighted by Crippen LogP contribution is -2.20. The largest absolute Gasteiger partial charge is 0.330 e. The molecule has 0 saturated carbocycles. The van der Waals surface area contributed by atoms with Crippen LogP contribution in [0.2, 0.25) is 5.02 Å². The van der Waals surface area contributed by atoms with Crippen LogP contribution in [0.25, 0.3) is 0 Å². The van der Waals surface area contributed by atoms with E-state index >= 15 is 0 Å². The summed E-state index contributed by atoms with van der Waals surface area (Å²) in [5.74, 6) is 0.364. The molecule has 108 valence electrons. The molecule has 1 aromatic carbocycles. The van der Waals surface area contributed by atoms with Crippen LogP contribution in [0.3, 0.4) is 0 Å². The average Bonchev–Trinajstić information content (AvgIpc) is 2.66. The van der Waals surface area contributed by atoms with Crippen LogP contribution in [0.1, 0.15) is 17.0 Å². The number of nitrogens with two attached hydrogens (primary N) is 1. The van der Waals surface area contributed by atoms with Crippen molar-refractivity contribution in [1.29, 1.82) is 0 Å². The van der Waals surface area contributed by atoms with Crippen LogP contribution in [0.15, 0.2) is 28.7 Å². The molecule has 20 heavy (non-hydrogen) atoms. The number of aromatic nitrogens is 2. The van der Waals surface area contributed by atoms with E-state index in [2.05, 4.69) is 45.3 Å². The molecule has 0 aliphatic heterocycles. The Labute approximate surface area is 133 Å². The van der Waals surface area contributed by atoms with Gasteiger partial charge in [-0.05, 0) is 49.9 Å². The predicted octanol–water partition coefficient (Wildman–Crippen LogP) is 3.50. The number of aryl methyl sites for hydroxylation is 2. The van der Waals surface area contributed by atoms with Crippen molar-refractivity contribution in [2.24, 2.45) is 18.7 Å². The highest BCUT2D eigenvalue weighted by Gasteiger charge is 2.16. The van der Waals surface area contributed by atoms with Crippen molar-refractivity contribution in [3.8, 4) is 0 Å². The van der Waals surface area contributed by atoms with Crippen molar-refractivity contribution in [3.05, 3.63) is 50.7 Å². The number of halogens is 2. The molecule has 1 aromatic heterocycles. The Balaban J connectivity index is 2.11. The number of nitrogens with zero attached hydrogens (tertiary/aromatic N) is 2. The van der Waals surface area contributed by atoms with Crippen molar-refractivity contribution in [2.75, 3.05) is 6.54 Å². The molecule has 0 radical (unpaired) electrons. The first-order chi connectivity index (χ1) is 9.51. The van der Waals surface area contributed by atoms with Crippen LogP contribution in [0.4, 0.5) is 0 Å². The second-order valence-corrected chi connectivity index (χ2v) is 6.40. The van der Waals surface area contributed by atoms with Gasteiger partial charge in [-0.1, -0.05) is 39.7 Å². The van der Waals surface area contributed by atoms with E-state index in [1.807, 2.05) is 18.7 Å². The fourth-order valence-corrected chi connectivity index (χ4v) is 2.87. The van der Waals surface area contributed by atoms with Gasteiger partial charge in [-0.3, -0.25) is 4.68 Å². The van der Waals surface area contributed by atoms with Gasteiger partial charge >= 0.3 is 0 Å². The molecule has 5 heteroatoms. The molecule has 3 nitrogen and oxygen atoms in total. The van der Waals surface area contributed by atoms with Crippen molar-refractivity contribution in [3.63, 3.8) is 0 Å². The molecule has 0 saturated heterocycles. The van der Waals surface area contributed by atoms with Crippen molar-refractivity contribution < 1.29 is 0 Å². The Bertz CT molecular complexity index is 578. The fraction of sp³-hybridized carbons (Fsp3) is 0.400. The van der Waals surface area contributed by atoms with Gasteiger partial charge < -0.3 is 5.73 Å². The summed E-state index contributed by atoms with van der Waals surface area (Å²) in [5, 5.41) is 5.12. The van der Waals surface area contributed by atoms with Gasteiger partial charge in [0.2, 0.25) is 0 Å². The highest BCUT2D eigenvalue weighted by Crippen LogP contribution is 2.24. The lowest BCUT2D eigenvalue weighted by Gasteiger charge is -2.15. The minimum Gasteiger partial charge on any atom is -0.330 e. The fourth-order valence-electron chi connectivity index (χ4n) is 2.37. The molecular weight excluding hydrogens is 338 g/mol. The molecule has 1 heterocycles. The third-order valence-corrected chi connectivity index (χ3v) is 4.53. The first-order valence-corrected chi connectivity index (χ1v) is 7.80. The minimum atomic E-state index is 0.364. The van der Waals surface area contributed by atoms with E-state index < -0.39 is 0 Å². The maximum Gasteiger partial charge on any atom is 0.0847 e. The second-order valence-electron chi connectivity index (χ2n) is 5.11. The number of hydrogen-bond donors (Lipinski definition) is 1. The quantitative estimate of drug-likeness (QED) is 0.891. The van der Waals surface area contributed by atoms with Crippen molar-refractivity contribution in [2.45, 2.75) is 19.8 Å². The van der Waals surface area contributed by atoms with Crippen LogP contribution < -0.4 is 5.73 Å². The van der Waals surface area contributed by atoms with Gasteiger partial charge in [0, 0.05) is 11.5 Å². The standard InChI is InChI=1S/C15H19BrClN3/c1-10-15(17)14(20(2)19-10)8-12(9-18)7-11-3-5-13(16)6-4-11/h3-6,12H,7-9,18H2,1-2H3. The summed E-state index contributed by atoms with van der Waals surface area (Å²) < 4.78 is 2.96. The van der Waals surface area contributed by atoms with E-state index in [1.165, 1.54) is 5.56 Å². The molecule has 0 aliphatic carbocycles. The Kier molecular flexibility index (Phi) is 5.24. The zero-order valence-electron chi connectivity index (χ0n) is 11.7. The van der Waals surface area contributed by atoms with Gasteiger partial charge in [0.25, 0.3) is 0 Å². The molecule has 1 atom stereocenters. The first-order valence-electron chi connectivity index (χ1n) is 6.63. The highest BCUT2D eigenvalue weighted by molar-refractivity contribution is 9.10. The van der Waals surface area contributed by atoms with E-state index in [4.69, 9.17) is 17.3 Å². The summed E-state index contributed by atoms with van der Waals surface area (Å²) in [5.41, 5.74) is 9.16. The molecule has 2 aromatic rings. The molecular formula is C15H19BrClN3. The van der Waals surface area contributed by atoms with Crippen LogP contribution in [0, 0.1) is 12.8 Å². The van der Waals surface area contributed by atoms with E-state index in [0.717, 1.165) is 33.7 Å². The van der Waals surface area contributed by atoms with Crippen LogP contribution in [-0.2, 0) is 19.9 Å². The number of hydrogen-bond acceptors (Lipinski definition) is 2. The molecule has 0 spiro atoms. The lowest BCUT2D eigenvalue weighted by atomic mass is 9.94. The summed E-state index contributed by atoms with van der Waals surface area (Å²) in [6.07, 6.45) is 1.80. The molecule has 2 N–H and O–H groups in total. The second kappa shape index (κ2) is 6.74. The van der Waals surface area contributed by atoms with E-state index in [-0.39, 0.29) is 0 Å².